The SMILES string of the molecule is CSc1ccc(/C=C/C(=O)c2ccc(OC(C)(C)C(=O)O)cc2)cc1. The maximum absolute atomic E-state index is 12.2. The van der Waals surface area contributed by atoms with Gasteiger partial charge in [0.2, 0.25) is 0 Å². The molecule has 4 nitrogen and oxygen atoms in total. The van der Waals surface area contributed by atoms with E-state index in [0.717, 1.165) is 5.56 Å². The maximum Gasteiger partial charge on any atom is 0.347 e. The molecule has 0 saturated heterocycles. The fraction of sp³-hybridized carbons (Fsp3) is 0.200. The molecular weight excluding hydrogens is 336 g/mol. The van der Waals surface area contributed by atoms with Crippen molar-refractivity contribution in [2.45, 2.75) is 24.3 Å². The van der Waals surface area contributed by atoms with Gasteiger partial charge in [-0.15, -0.1) is 11.8 Å². The van der Waals surface area contributed by atoms with E-state index in [1.807, 2.05) is 30.5 Å². The molecule has 5 heteroatoms. The Kier molecular flexibility index (Phi) is 6.04. The number of carbonyl (C=O) groups excluding carboxylic acids is 1. The van der Waals surface area contributed by atoms with Crippen LogP contribution in [0.5, 0.6) is 5.75 Å². The van der Waals surface area contributed by atoms with Crippen molar-refractivity contribution >= 4 is 29.6 Å². The average Bonchev–Trinajstić information content (AvgIpc) is 2.60. The first-order valence-electron chi connectivity index (χ1n) is 7.71. The number of allylic oxidation sites excluding steroid dienone is 1. The van der Waals surface area contributed by atoms with Gasteiger partial charge >= 0.3 is 5.97 Å². The van der Waals surface area contributed by atoms with Gasteiger partial charge in [0.05, 0.1) is 0 Å². The summed E-state index contributed by atoms with van der Waals surface area (Å²) in [6, 6.07) is 14.4. The summed E-state index contributed by atoms with van der Waals surface area (Å²) in [7, 11) is 0. The Morgan fingerprint density at radius 2 is 1.64 bits per heavy atom. The van der Waals surface area contributed by atoms with Crippen LogP contribution in [0.15, 0.2) is 59.5 Å². The van der Waals surface area contributed by atoms with Gasteiger partial charge in [0.1, 0.15) is 5.75 Å². The van der Waals surface area contributed by atoms with Crippen LogP contribution in [-0.2, 0) is 4.79 Å². The molecule has 130 valence electrons. The summed E-state index contributed by atoms with van der Waals surface area (Å²) in [4.78, 5) is 24.5. The highest BCUT2D eigenvalue weighted by atomic mass is 32.2. The molecule has 0 aliphatic rings. The second kappa shape index (κ2) is 8.03. The van der Waals surface area contributed by atoms with E-state index in [-0.39, 0.29) is 5.78 Å². The number of thioether (sulfide) groups is 1. The monoisotopic (exact) mass is 356 g/mol. The minimum absolute atomic E-state index is 0.127. The largest absolute Gasteiger partial charge is 0.478 e. The Morgan fingerprint density at radius 1 is 1.04 bits per heavy atom. The molecule has 0 heterocycles. The van der Waals surface area contributed by atoms with Crippen LogP contribution in [-0.4, -0.2) is 28.7 Å². The van der Waals surface area contributed by atoms with Crippen molar-refractivity contribution < 1.29 is 19.4 Å². The van der Waals surface area contributed by atoms with E-state index in [9.17, 15) is 9.59 Å². The van der Waals surface area contributed by atoms with Crippen molar-refractivity contribution in [3.63, 3.8) is 0 Å². The van der Waals surface area contributed by atoms with Crippen molar-refractivity contribution in [2.75, 3.05) is 6.26 Å². The minimum atomic E-state index is -1.33. The number of hydrogen-bond acceptors (Lipinski definition) is 4. The second-order valence-corrected chi connectivity index (χ2v) is 6.79. The van der Waals surface area contributed by atoms with Gasteiger partial charge in [-0.25, -0.2) is 4.79 Å². The van der Waals surface area contributed by atoms with Crippen molar-refractivity contribution in [3.8, 4) is 5.75 Å². The number of rotatable bonds is 7. The van der Waals surface area contributed by atoms with Crippen molar-refractivity contribution in [1.82, 2.24) is 0 Å². The van der Waals surface area contributed by atoms with Crippen LogP contribution in [0, 0.1) is 0 Å². The predicted octanol–water partition coefficient (Wildman–Crippen LogP) is 4.55. The summed E-state index contributed by atoms with van der Waals surface area (Å²) in [5.41, 5.74) is 0.140. The molecule has 0 spiro atoms. The molecule has 2 aromatic carbocycles. The van der Waals surface area contributed by atoms with Gasteiger partial charge in [-0.3, -0.25) is 4.79 Å². The van der Waals surface area contributed by atoms with Gasteiger partial charge in [-0.2, -0.15) is 0 Å². The van der Waals surface area contributed by atoms with Crippen LogP contribution in [0.1, 0.15) is 29.8 Å². The quantitative estimate of drug-likeness (QED) is 0.448. The van der Waals surface area contributed by atoms with Crippen LogP contribution in [0.25, 0.3) is 6.08 Å². The van der Waals surface area contributed by atoms with E-state index in [2.05, 4.69) is 0 Å². The number of aliphatic carboxylic acids is 1. The normalized spacial score (nSPS) is 11.5. The summed E-state index contributed by atoms with van der Waals surface area (Å²) in [5.74, 6) is -0.776. The molecule has 25 heavy (non-hydrogen) atoms. The van der Waals surface area contributed by atoms with E-state index in [4.69, 9.17) is 9.84 Å². The lowest BCUT2D eigenvalue weighted by molar-refractivity contribution is -0.152. The van der Waals surface area contributed by atoms with Gasteiger partial charge in [0.25, 0.3) is 0 Å². The molecule has 0 radical (unpaired) electrons. The molecule has 2 rings (SSSR count). The van der Waals surface area contributed by atoms with Crippen LogP contribution < -0.4 is 4.74 Å². The van der Waals surface area contributed by atoms with Crippen LogP contribution in [0.2, 0.25) is 0 Å². The number of carboxylic acid groups (broad SMARTS) is 1. The topological polar surface area (TPSA) is 63.6 Å². The van der Waals surface area contributed by atoms with E-state index < -0.39 is 11.6 Å². The first-order valence-corrected chi connectivity index (χ1v) is 8.93. The molecule has 0 amide bonds. The van der Waals surface area contributed by atoms with E-state index >= 15 is 0 Å². The third-order valence-corrected chi connectivity index (χ3v) is 4.31. The van der Waals surface area contributed by atoms with Crippen molar-refractivity contribution in [2.24, 2.45) is 0 Å². The lowest BCUT2D eigenvalue weighted by Gasteiger charge is -2.21. The highest BCUT2D eigenvalue weighted by molar-refractivity contribution is 7.98. The van der Waals surface area contributed by atoms with Crippen LogP contribution in [0.4, 0.5) is 0 Å². The molecule has 0 fully saturated rings. The molecular formula is C20H20O4S. The van der Waals surface area contributed by atoms with Gasteiger partial charge in [0, 0.05) is 10.5 Å². The van der Waals surface area contributed by atoms with Crippen molar-refractivity contribution in [3.05, 3.63) is 65.7 Å². The Balaban J connectivity index is 2.04. The molecule has 0 unspecified atom stereocenters. The first kappa shape index (κ1) is 18.8. The van der Waals surface area contributed by atoms with E-state index in [1.165, 1.54) is 24.8 Å². The Bertz CT molecular complexity index is 774. The lowest BCUT2D eigenvalue weighted by atomic mass is 10.1. The molecule has 2 aromatic rings. The number of carboxylic acids is 1. The number of hydrogen-bond donors (Lipinski definition) is 1. The molecule has 0 aliphatic carbocycles. The molecule has 0 aromatic heterocycles. The molecule has 1 N–H and O–H groups in total. The number of benzene rings is 2. The third kappa shape index (κ3) is 5.22. The average molecular weight is 356 g/mol. The van der Waals surface area contributed by atoms with Gasteiger partial charge in [-0.1, -0.05) is 18.2 Å². The number of carbonyl (C=O) groups is 2. The second-order valence-electron chi connectivity index (χ2n) is 5.91. The summed E-state index contributed by atoms with van der Waals surface area (Å²) in [5, 5.41) is 9.07. The van der Waals surface area contributed by atoms with Crippen molar-refractivity contribution in [1.29, 1.82) is 0 Å². The maximum atomic E-state index is 12.2. The summed E-state index contributed by atoms with van der Waals surface area (Å²) in [6.07, 6.45) is 5.30. The predicted molar refractivity (Wildman–Crippen MR) is 100 cm³/mol. The van der Waals surface area contributed by atoms with E-state index in [0.29, 0.717) is 11.3 Å². The Morgan fingerprint density at radius 3 is 2.16 bits per heavy atom. The summed E-state index contributed by atoms with van der Waals surface area (Å²) in [6.45, 7) is 2.94. The standard InChI is InChI=1S/C20H20O4S/c1-20(2,19(22)23)24-16-9-7-15(8-10-16)18(21)13-6-14-4-11-17(25-3)12-5-14/h4-13H,1-3H3,(H,22,23)/b13-6+. The zero-order valence-corrected chi connectivity index (χ0v) is 15.2. The highest BCUT2D eigenvalue weighted by Gasteiger charge is 2.29. The van der Waals surface area contributed by atoms with Crippen LogP contribution in [0.3, 0.4) is 0 Å². The Labute approximate surface area is 151 Å². The van der Waals surface area contributed by atoms with Gasteiger partial charge < -0.3 is 9.84 Å². The summed E-state index contributed by atoms with van der Waals surface area (Å²) >= 11 is 1.67. The zero-order valence-electron chi connectivity index (χ0n) is 14.4. The Hall–Kier alpha value is -2.53. The van der Waals surface area contributed by atoms with Gasteiger partial charge in [-0.05, 0) is 68.1 Å². The van der Waals surface area contributed by atoms with E-state index in [1.54, 1.807) is 42.1 Å². The molecule has 0 aliphatic heterocycles. The highest BCUT2D eigenvalue weighted by Crippen LogP contribution is 2.20. The smallest absolute Gasteiger partial charge is 0.347 e. The molecule has 0 atom stereocenters. The number of ether oxygens (including phenoxy) is 1. The lowest BCUT2D eigenvalue weighted by Crippen LogP contribution is -2.37. The molecule has 0 bridgehead atoms. The first-order chi connectivity index (χ1) is 11.8. The third-order valence-electron chi connectivity index (χ3n) is 3.57. The van der Waals surface area contributed by atoms with Crippen LogP contribution >= 0.6 is 11.8 Å². The fourth-order valence-electron chi connectivity index (χ4n) is 2.01. The minimum Gasteiger partial charge on any atom is -0.478 e. The zero-order chi connectivity index (χ0) is 18.4. The molecule has 0 saturated carbocycles. The fourth-order valence-corrected chi connectivity index (χ4v) is 2.42. The summed E-state index contributed by atoms with van der Waals surface area (Å²) < 4.78 is 5.42. The number of ketones is 1. The van der Waals surface area contributed by atoms with Gasteiger partial charge in [0.15, 0.2) is 11.4 Å².